The summed E-state index contributed by atoms with van der Waals surface area (Å²) in [5.74, 6) is -3.59. The van der Waals surface area contributed by atoms with Gasteiger partial charge in [0.15, 0.2) is 56.6 Å². The van der Waals surface area contributed by atoms with E-state index in [1.807, 2.05) is 0 Å². The van der Waals surface area contributed by atoms with Gasteiger partial charge in [0.1, 0.15) is 213 Å². The largest absolute Gasteiger partial charge is 0.394 e. The van der Waals surface area contributed by atoms with Crippen LogP contribution in [0.4, 0.5) is 0 Å². The van der Waals surface area contributed by atoms with Crippen LogP contribution in [-0.2, 0) is 99.7 Å². The molecule has 9 saturated heterocycles. The summed E-state index contributed by atoms with van der Waals surface area (Å²) in [6.45, 7) is -3.36. The van der Waals surface area contributed by atoms with Gasteiger partial charge in [-0.1, -0.05) is 0 Å². The number of hydrogen-bond donors (Lipinski definition) is 28. The van der Waals surface area contributed by atoms with Crippen molar-refractivity contribution in [3.8, 4) is 0 Å². The molecule has 0 aromatic rings. The third-order valence-electron chi connectivity index (χ3n) is 20.3. The number of aliphatic hydroxyl groups is 24. The first-order valence-electron chi connectivity index (χ1n) is 35.5. The van der Waals surface area contributed by atoms with E-state index in [9.17, 15) is 142 Å². The molecule has 0 aromatic carbocycles. The lowest BCUT2D eigenvalue weighted by Crippen LogP contribution is -2.71. The van der Waals surface area contributed by atoms with Gasteiger partial charge < -0.3 is 224 Å². The Labute approximate surface area is 629 Å². The van der Waals surface area contributed by atoms with E-state index in [-0.39, 0.29) is 0 Å². The maximum Gasteiger partial charge on any atom is 0.217 e. The topological polar surface area (TPSA) is 759 Å². The van der Waals surface area contributed by atoms with Gasteiger partial charge in [-0.05, 0) is 6.92 Å². The zero-order chi connectivity index (χ0) is 81.8. The second-order valence-corrected chi connectivity index (χ2v) is 28.2. The van der Waals surface area contributed by atoms with Crippen molar-refractivity contribution in [3.05, 3.63) is 0 Å². The van der Waals surface area contributed by atoms with E-state index in [4.69, 9.17) is 80.5 Å². The van der Waals surface area contributed by atoms with Crippen molar-refractivity contribution < 1.29 is 222 Å². The minimum absolute atomic E-state index is 0.827. The Morgan fingerprint density at radius 2 is 0.559 bits per heavy atom. The molecule has 28 N–H and O–H groups in total. The Balaban J connectivity index is 1.05. The van der Waals surface area contributed by atoms with Crippen molar-refractivity contribution in [1.29, 1.82) is 0 Å². The zero-order valence-electron chi connectivity index (χ0n) is 59.9. The molecule has 0 spiro atoms. The van der Waals surface area contributed by atoms with E-state index >= 15 is 0 Å². The molecular weight excluding hydrogens is 1520 g/mol. The quantitative estimate of drug-likeness (QED) is 0.0346. The third kappa shape index (κ3) is 20.3. The summed E-state index contributed by atoms with van der Waals surface area (Å²) in [5, 5.41) is 276. The number of rotatable bonds is 28. The monoisotopic (exact) mass is 1620 g/mol. The Hall–Kier alpha value is -3.76. The van der Waals surface area contributed by atoms with Crippen molar-refractivity contribution >= 4 is 23.6 Å². The lowest BCUT2D eigenvalue weighted by molar-refractivity contribution is -0.396. The van der Waals surface area contributed by atoms with Crippen LogP contribution in [0, 0.1) is 0 Å². The maximum atomic E-state index is 13.2. The van der Waals surface area contributed by atoms with Gasteiger partial charge >= 0.3 is 0 Å². The minimum Gasteiger partial charge on any atom is -0.394 e. The normalized spacial score (nSPS) is 49.3. The highest BCUT2D eigenvalue weighted by Gasteiger charge is 2.61. The van der Waals surface area contributed by atoms with E-state index in [1.54, 1.807) is 0 Å². The van der Waals surface area contributed by atoms with Gasteiger partial charge in [-0.25, -0.2) is 0 Å². The summed E-state index contributed by atoms with van der Waals surface area (Å²) < 4.78 is 101. The molecule has 49 nitrogen and oxygen atoms in total. The standard InChI is InChI=1S/C62H104N4O45/c1-14-31(77)41(87)45(91)58(97-14)95-13-26-50(38(84)27(54(94)98-26)63-15(2)73)106-56-29(65-17(4)75)39(85)49(24(11-72)103-56)108-60-47(93)51(109-62-53(44(90)35(81)22(9-70)102-62)111-55-28(64-16(3)74)37(83)32(78)19(6-67)99-55)36(82)25(105-60)12-96-61-52(43(89)34(80)21(8-69)101-61)110-57-30(66-18(5)76)40(86)48(23(10-71)104-57)107-59-46(92)42(88)33(79)20(7-68)100-59/h14,19-62,67-72,77-94H,6-13H2,1-5H3,(H,63,73)(H,64,74)(H,65,75)(H,66,76)/t14-,19+,20+,21+,22+,23+,24+,25+,26+,27+,28+,29+,30+,31+,32+,33-,34+,35+,36+,37+,38+,39+,40+,41+,42-,43-,44-,45-,46+,47-,48+,49+,50+,51-,52-,53-,54?,55-,56-,57-,58+,59+,60-,61-,62+/m0/s1. The number of nitrogens with one attached hydrogen (secondary N) is 4. The highest BCUT2D eigenvalue weighted by atomic mass is 16.8. The van der Waals surface area contributed by atoms with Gasteiger partial charge in [-0.2, -0.15) is 0 Å². The second-order valence-electron chi connectivity index (χ2n) is 28.2. The molecule has 9 aliphatic heterocycles. The molecule has 0 aromatic heterocycles. The molecule has 0 radical (unpaired) electrons. The predicted molar refractivity (Wildman–Crippen MR) is 342 cm³/mol. The van der Waals surface area contributed by atoms with E-state index in [0.717, 1.165) is 27.7 Å². The van der Waals surface area contributed by atoms with Crippen molar-refractivity contribution in [1.82, 2.24) is 21.3 Å². The van der Waals surface area contributed by atoms with E-state index in [0.29, 0.717) is 0 Å². The van der Waals surface area contributed by atoms with Crippen LogP contribution >= 0.6 is 0 Å². The molecular formula is C62H104N4O45. The molecule has 9 fully saturated rings. The van der Waals surface area contributed by atoms with Crippen LogP contribution < -0.4 is 21.3 Å². The van der Waals surface area contributed by atoms with Crippen LogP contribution in [0.5, 0.6) is 0 Å². The van der Waals surface area contributed by atoms with Crippen LogP contribution in [0.1, 0.15) is 34.6 Å². The Morgan fingerprint density at radius 3 is 1.03 bits per heavy atom. The first kappa shape index (κ1) is 91.1. The van der Waals surface area contributed by atoms with E-state index < -0.39 is 353 Å². The van der Waals surface area contributed by atoms with Crippen molar-refractivity contribution in [2.45, 2.75) is 311 Å². The van der Waals surface area contributed by atoms with Crippen molar-refractivity contribution in [3.63, 3.8) is 0 Å². The Bertz CT molecular complexity index is 2950. The lowest BCUT2D eigenvalue weighted by atomic mass is 9.93. The van der Waals surface area contributed by atoms with Crippen LogP contribution in [0.25, 0.3) is 0 Å². The zero-order valence-corrected chi connectivity index (χ0v) is 59.9. The van der Waals surface area contributed by atoms with Crippen LogP contribution in [0.2, 0.25) is 0 Å². The first-order valence-corrected chi connectivity index (χ1v) is 35.5. The molecule has 642 valence electrons. The van der Waals surface area contributed by atoms with E-state index in [2.05, 4.69) is 21.3 Å². The van der Waals surface area contributed by atoms with Crippen LogP contribution in [0.15, 0.2) is 0 Å². The molecule has 4 amide bonds. The molecule has 0 saturated carbocycles. The highest BCUT2D eigenvalue weighted by Crippen LogP contribution is 2.40. The van der Waals surface area contributed by atoms with Crippen LogP contribution in [0.3, 0.4) is 0 Å². The fourth-order valence-corrected chi connectivity index (χ4v) is 14.3. The fourth-order valence-electron chi connectivity index (χ4n) is 14.3. The molecule has 49 heteroatoms. The Kier molecular flexibility index (Phi) is 32.6. The van der Waals surface area contributed by atoms with Crippen LogP contribution in [-0.4, -0.2) is 475 Å². The molecule has 0 aliphatic carbocycles. The van der Waals surface area contributed by atoms with Crippen molar-refractivity contribution in [2.24, 2.45) is 0 Å². The van der Waals surface area contributed by atoms with Gasteiger partial charge in [0.2, 0.25) is 23.6 Å². The molecule has 45 atom stereocenters. The summed E-state index contributed by atoms with van der Waals surface area (Å²) >= 11 is 0. The molecule has 9 rings (SSSR count). The number of amides is 4. The van der Waals surface area contributed by atoms with Gasteiger partial charge in [0, 0.05) is 27.7 Å². The lowest BCUT2D eigenvalue weighted by Gasteiger charge is -2.51. The predicted octanol–water partition coefficient (Wildman–Crippen LogP) is -19.0. The minimum atomic E-state index is -2.55. The van der Waals surface area contributed by atoms with Gasteiger partial charge in [0.25, 0.3) is 0 Å². The molecule has 9 heterocycles. The van der Waals surface area contributed by atoms with Gasteiger partial charge in [-0.3, -0.25) is 19.2 Å². The number of carbonyl (C=O) groups is 4. The molecule has 9 aliphatic rings. The highest BCUT2D eigenvalue weighted by molar-refractivity contribution is 5.74. The van der Waals surface area contributed by atoms with Crippen molar-refractivity contribution in [2.75, 3.05) is 52.9 Å². The summed E-state index contributed by atoms with van der Waals surface area (Å²) in [6, 6.07) is -7.39. The van der Waals surface area contributed by atoms with E-state index in [1.165, 1.54) is 6.92 Å². The molecule has 111 heavy (non-hydrogen) atoms. The maximum absolute atomic E-state index is 13.2. The second kappa shape index (κ2) is 39.7. The van der Waals surface area contributed by atoms with Gasteiger partial charge in [-0.15, -0.1) is 0 Å². The van der Waals surface area contributed by atoms with Gasteiger partial charge in [0.05, 0.1) is 59.0 Å². The number of carbonyl (C=O) groups excluding carboxylic acids is 4. The summed E-state index contributed by atoms with van der Waals surface area (Å²) in [7, 11) is 0. The SMILES string of the molecule is CC(=O)N[C@H]1[C@H](O[C@H]2[C@H](O)[C@@H](NC(C)=O)C(O)O[C@@H]2CO[C@@H]2O[C@@H](C)[C@@H](O)[C@@H](O)[C@@H]2O)O[C@H](CO)[C@@H](O[C@@H]2O[C@H](CO[C@H]3O[C@H](CO)[C@@H](O)[C@H](O)[C@@H]3O[C@@H]3O[C@H](CO)[C@@H](O[C@H]4O[C@H](CO)[C@H](O)[C@H](O)[C@H]4O)[C@H](O)[C@H]3NC(C)=O)[C@@H](O)[C@H](O[C@H]3O[C@H](CO)[C@@H](O)[C@H](O)[C@@H]3O[C@@H]3O[C@H](CO)[C@@H](O)[C@H](O)[C@H]3NC(C)=O)[C@@H]2O)[C@@H]1O. The average molecular weight is 1630 g/mol. The molecule has 1 unspecified atom stereocenters. The average Bonchev–Trinajstić information content (AvgIpc) is 0.782. The number of hydrogen-bond acceptors (Lipinski definition) is 45. The smallest absolute Gasteiger partial charge is 0.217 e. The summed E-state index contributed by atoms with van der Waals surface area (Å²) in [4.78, 5) is 50.9. The summed E-state index contributed by atoms with van der Waals surface area (Å²) in [6.07, 6.45) is -83.2. The Morgan fingerprint density at radius 1 is 0.252 bits per heavy atom. The number of ether oxygens (including phenoxy) is 17. The number of aliphatic hydroxyl groups excluding tert-OH is 24. The fraction of sp³-hybridized carbons (Fsp3) is 0.935. The summed E-state index contributed by atoms with van der Waals surface area (Å²) in [5.41, 5.74) is 0. The molecule has 0 bridgehead atoms. The third-order valence-corrected chi connectivity index (χ3v) is 20.3. The first-order chi connectivity index (χ1) is 52.4.